The van der Waals surface area contributed by atoms with E-state index in [4.69, 9.17) is 17.3 Å². The third kappa shape index (κ3) is 2.42. The average molecular weight is 266 g/mol. The molecule has 0 saturated carbocycles. The molecule has 70 valence electrons. The molecular formula is C8H6BrClFNO. The Labute approximate surface area is 88.0 Å². The minimum atomic E-state index is -0.920. The minimum absolute atomic E-state index is 0.261. The molecule has 1 aromatic carbocycles. The molecule has 0 radical (unpaired) electrons. The van der Waals surface area contributed by atoms with E-state index in [0.717, 1.165) is 0 Å². The number of carbonyl (C=O) groups excluding carboxylic acids is 1. The van der Waals surface area contributed by atoms with Crippen molar-refractivity contribution < 1.29 is 9.18 Å². The summed E-state index contributed by atoms with van der Waals surface area (Å²) >= 11 is 8.63. The molecular weight excluding hydrogens is 260 g/mol. The SMILES string of the molecule is NC(=O)C(Cl)c1ccc(F)c(Br)c1. The Kier molecular flexibility index (Phi) is 3.27. The third-order valence-corrected chi connectivity index (χ3v) is 2.56. The van der Waals surface area contributed by atoms with Crippen molar-refractivity contribution >= 4 is 33.4 Å². The molecule has 2 nitrogen and oxygen atoms in total. The summed E-state index contributed by atoms with van der Waals surface area (Å²) in [6.07, 6.45) is 0. The zero-order valence-electron chi connectivity index (χ0n) is 6.43. The quantitative estimate of drug-likeness (QED) is 0.821. The number of nitrogens with two attached hydrogens (primary N) is 1. The lowest BCUT2D eigenvalue weighted by molar-refractivity contribution is -0.117. The molecule has 1 aromatic rings. The fourth-order valence-electron chi connectivity index (χ4n) is 0.834. The van der Waals surface area contributed by atoms with Crippen LogP contribution >= 0.6 is 27.5 Å². The van der Waals surface area contributed by atoms with Crippen molar-refractivity contribution in [1.29, 1.82) is 0 Å². The number of carbonyl (C=O) groups is 1. The molecule has 1 unspecified atom stereocenters. The summed E-state index contributed by atoms with van der Waals surface area (Å²) in [4.78, 5) is 10.7. The van der Waals surface area contributed by atoms with Crippen LogP contribution in [0.2, 0.25) is 0 Å². The number of benzene rings is 1. The molecule has 1 amide bonds. The monoisotopic (exact) mass is 265 g/mol. The van der Waals surface area contributed by atoms with E-state index in [1.165, 1.54) is 18.2 Å². The summed E-state index contributed by atoms with van der Waals surface area (Å²) in [6, 6.07) is 4.07. The van der Waals surface area contributed by atoms with Crippen LogP contribution in [0.4, 0.5) is 4.39 Å². The Hall–Kier alpha value is -0.610. The Morgan fingerprint density at radius 2 is 2.23 bits per heavy atom. The molecule has 0 heterocycles. The highest BCUT2D eigenvalue weighted by atomic mass is 79.9. The second-order valence-corrected chi connectivity index (χ2v) is 3.73. The number of primary amides is 1. The van der Waals surface area contributed by atoms with Crippen LogP contribution in [0.1, 0.15) is 10.9 Å². The van der Waals surface area contributed by atoms with Crippen LogP contribution < -0.4 is 5.73 Å². The first-order valence-corrected chi connectivity index (χ1v) is 4.63. The van der Waals surface area contributed by atoms with E-state index in [9.17, 15) is 9.18 Å². The number of alkyl halides is 1. The smallest absolute Gasteiger partial charge is 0.240 e. The molecule has 13 heavy (non-hydrogen) atoms. The van der Waals surface area contributed by atoms with Gasteiger partial charge in [0.15, 0.2) is 0 Å². The summed E-state index contributed by atoms with van der Waals surface area (Å²) < 4.78 is 13.0. The van der Waals surface area contributed by atoms with Gasteiger partial charge in [0.2, 0.25) is 5.91 Å². The van der Waals surface area contributed by atoms with Crippen LogP contribution in [0.3, 0.4) is 0 Å². The van der Waals surface area contributed by atoms with Crippen molar-refractivity contribution in [1.82, 2.24) is 0 Å². The normalized spacial score (nSPS) is 12.5. The van der Waals surface area contributed by atoms with Gasteiger partial charge in [-0.05, 0) is 33.6 Å². The Morgan fingerprint density at radius 1 is 1.62 bits per heavy atom. The van der Waals surface area contributed by atoms with Gasteiger partial charge < -0.3 is 5.73 Å². The molecule has 1 atom stereocenters. The van der Waals surface area contributed by atoms with E-state index >= 15 is 0 Å². The highest BCUT2D eigenvalue weighted by Crippen LogP contribution is 2.24. The lowest BCUT2D eigenvalue weighted by Gasteiger charge is -2.05. The second kappa shape index (κ2) is 4.07. The molecule has 5 heteroatoms. The molecule has 0 aliphatic carbocycles. The summed E-state index contributed by atoms with van der Waals surface area (Å²) in [7, 11) is 0. The van der Waals surface area contributed by atoms with Gasteiger partial charge in [-0.2, -0.15) is 0 Å². The van der Waals surface area contributed by atoms with E-state index < -0.39 is 17.1 Å². The van der Waals surface area contributed by atoms with Gasteiger partial charge in [0.05, 0.1) is 4.47 Å². The summed E-state index contributed by atoms with van der Waals surface area (Å²) in [5.74, 6) is -1.06. The van der Waals surface area contributed by atoms with Crippen LogP contribution in [0.15, 0.2) is 22.7 Å². The van der Waals surface area contributed by atoms with E-state index in [-0.39, 0.29) is 4.47 Å². The first kappa shape index (κ1) is 10.5. The Morgan fingerprint density at radius 3 is 2.69 bits per heavy atom. The first-order valence-electron chi connectivity index (χ1n) is 3.40. The zero-order chi connectivity index (χ0) is 10.0. The van der Waals surface area contributed by atoms with Gasteiger partial charge in [0.1, 0.15) is 11.2 Å². The van der Waals surface area contributed by atoms with Crippen molar-refractivity contribution in [3.63, 3.8) is 0 Å². The average Bonchev–Trinajstić information content (AvgIpc) is 2.08. The number of hydrogen-bond donors (Lipinski definition) is 1. The third-order valence-electron chi connectivity index (χ3n) is 1.49. The second-order valence-electron chi connectivity index (χ2n) is 2.44. The minimum Gasteiger partial charge on any atom is -0.368 e. The Balaban J connectivity index is 3.03. The lowest BCUT2D eigenvalue weighted by Crippen LogP contribution is -2.16. The molecule has 0 spiro atoms. The maximum Gasteiger partial charge on any atom is 0.240 e. The van der Waals surface area contributed by atoms with Gasteiger partial charge in [-0.3, -0.25) is 4.79 Å². The van der Waals surface area contributed by atoms with Crippen LogP contribution in [0.5, 0.6) is 0 Å². The number of hydrogen-bond acceptors (Lipinski definition) is 1. The molecule has 0 aromatic heterocycles. The highest BCUT2D eigenvalue weighted by molar-refractivity contribution is 9.10. The molecule has 0 saturated heterocycles. The van der Waals surface area contributed by atoms with Crippen LogP contribution in [-0.4, -0.2) is 5.91 Å². The molecule has 2 N–H and O–H groups in total. The predicted octanol–water partition coefficient (Wildman–Crippen LogP) is 2.35. The van der Waals surface area contributed by atoms with E-state index in [1.54, 1.807) is 0 Å². The number of rotatable bonds is 2. The highest BCUT2D eigenvalue weighted by Gasteiger charge is 2.14. The van der Waals surface area contributed by atoms with Crippen LogP contribution in [0.25, 0.3) is 0 Å². The van der Waals surface area contributed by atoms with Gasteiger partial charge in [-0.25, -0.2) is 4.39 Å². The number of halogens is 3. The van der Waals surface area contributed by atoms with Crippen molar-refractivity contribution in [3.05, 3.63) is 34.1 Å². The van der Waals surface area contributed by atoms with Crippen molar-refractivity contribution in [2.24, 2.45) is 5.73 Å². The molecule has 0 fully saturated rings. The predicted molar refractivity (Wildman–Crippen MR) is 51.9 cm³/mol. The lowest BCUT2D eigenvalue weighted by atomic mass is 10.1. The van der Waals surface area contributed by atoms with Gasteiger partial charge in [-0.15, -0.1) is 11.6 Å². The zero-order valence-corrected chi connectivity index (χ0v) is 8.77. The van der Waals surface area contributed by atoms with Gasteiger partial charge >= 0.3 is 0 Å². The van der Waals surface area contributed by atoms with Gasteiger partial charge in [0.25, 0.3) is 0 Å². The van der Waals surface area contributed by atoms with Crippen LogP contribution in [-0.2, 0) is 4.79 Å². The molecule has 1 rings (SSSR count). The molecule has 0 aliphatic heterocycles. The molecule has 0 bridgehead atoms. The Bertz CT molecular complexity index is 345. The van der Waals surface area contributed by atoms with E-state index in [2.05, 4.69) is 15.9 Å². The standard InChI is InChI=1S/C8H6BrClFNO/c9-5-3-4(1-2-6(5)11)7(10)8(12)13/h1-3,7H,(H2,12,13). The number of amides is 1. The van der Waals surface area contributed by atoms with E-state index in [0.29, 0.717) is 5.56 Å². The summed E-state index contributed by atoms with van der Waals surface area (Å²) in [6.45, 7) is 0. The fraction of sp³-hybridized carbons (Fsp3) is 0.125. The maximum absolute atomic E-state index is 12.8. The van der Waals surface area contributed by atoms with Crippen molar-refractivity contribution in [3.8, 4) is 0 Å². The first-order chi connectivity index (χ1) is 6.02. The van der Waals surface area contributed by atoms with E-state index in [1.807, 2.05) is 0 Å². The van der Waals surface area contributed by atoms with Gasteiger partial charge in [0, 0.05) is 0 Å². The summed E-state index contributed by atoms with van der Waals surface area (Å²) in [5.41, 5.74) is 5.45. The van der Waals surface area contributed by atoms with Crippen LogP contribution in [0, 0.1) is 5.82 Å². The largest absolute Gasteiger partial charge is 0.368 e. The topological polar surface area (TPSA) is 43.1 Å². The van der Waals surface area contributed by atoms with Crippen molar-refractivity contribution in [2.75, 3.05) is 0 Å². The van der Waals surface area contributed by atoms with Gasteiger partial charge in [-0.1, -0.05) is 6.07 Å². The maximum atomic E-state index is 12.8. The summed E-state index contributed by atoms with van der Waals surface area (Å²) in [5, 5.41) is -0.920. The fourth-order valence-corrected chi connectivity index (χ4v) is 1.37. The van der Waals surface area contributed by atoms with Crippen molar-refractivity contribution in [2.45, 2.75) is 5.38 Å². The molecule has 0 aliphatic rings.